The fraction of sp³-hybridized carbons (Fsp3) is 0.800. The molecule has 2 aliphatic rings. The molecule has 0 radical (unpaired) electrons. The van der Waals surface area contributed by atoms with Crippen LogP contribution in [-0.4, -0.2) is 86.0 Å². The first kappa shape index (κ1) is 19.1. The number of likely N-dealkylation sites (tertiary alicyclic amines) is 1. The Labute approximate surface area is 152 Å². The molecule has 26 heavy (non-hydrogen) atoms. The first-order chi connectivity index (χ1) is 12.3. The van der Waals surface area contributed by atoms with E-state index in [4.69, 9.17) is 9.26 Å². The van der Waals surface area contributed by atoms with Crippen molar-refractivity contribution in [3.63, 3.8) is 0 Å². The molecule has 1 aromatic rings. The van der Waals surface area contributed by atoms with Crippen LogP contribution in [0.25, 0.3) is 0 Å². The summed E-state index contributed by atoms with van der Waals surface area (Å²) in [4.78, 5) is 18.2. The van der Waals surface area contributed by atoms with E-state index in [9.17, 15) is 13.2 Å². The van der Waals surface area contributed by atoms with Crippen molar-refractivity contribution in [2.24, 2.45) is 5.41 Å². The van der Waals surface area contributed by atoms with Crippen LogP contribution < -0.4 is 5.32 Å². The zero-order valence-corrected chi connectivity index (χ0v) is 16.1. The number of carbonyl (C=O) groups excluding carboxylic acids is 1. The molecule has 3 rings (SSSR count). The maximum Gasteiger partial charge on any atom is 0.317 e. The van der Waals surface area contributed by atoms with Crippen LogP contribution in [0.1, 0.15) is 24.6 Å². The summed E-state index contributed by atoms with van der Waals surface area (Å²) in [7, 11) is -1.75. The molecule has 1 spiro atoms. The summed E-state index contributed by atoms with van der Waals surface area (Å²) < 4.78 is 36.4. The zero-order valence-electron chi connectivity index (χ0n) is 15.3. The number of rotatable bonds is 6. The topological polar surface area (TPSA) is 118 Å². The number of methoxy groups -OCH3 is 1. The lowest BCUT2D eigenvalue weighted by molar-refractivity contribution is 0.0236. The van der Waals surface area contributed by atoms with Gasteiger partial charge in [-0.05, 0) is 13.8 Å². The van der Waals surface area contributed by atoms with Crippen molar-refractivity contribution in [1.82, 2.24) is 24.7 Å². The molecular formula is C15H25N5O5S. The molecule has 1 N–H and O–H groups in total. The van der Waals surface area contributed by atoms with Crippen molar-refractivity contribution in [3.8, 4) is 0 Å². The van der Waals surface area contributed by atoms with Crippen molar-refractivity contribution in [2.75, 3.05) is 52.2 Å². The zero-order chi connectivity index (χ0) is 18.9. The van der Waals surface area contributed by atoms with Gasteiger partial charge in [-0.1, -0.05) is 5.16 Å². The quantitative estimate of drug-likeness (QED) is 0.671. The number of aryl methyl sites for hydroxylation is 1. The molecule has 2 amide bonds. The van der Waals surface area contributed by atoms with Gasteiger partial charge in [-0.15, -0.1) is 0 Å². The molecule has 1 unspecified atom stereocenters. The molecule has 2 aliphatic heterocycles. The van der Waals surface area contributed by atoms with Crippen molar-refractivity contribution >= 4 is 16.1 Å². The molecule has 1 aromatic heterocycles. The van der Waals surface area contributed by atoms with E-state index in [1.165, 1.54) is 4.31 Å². The molecule has 11 heteroatoms. The Bertz CT molecular complexity index is 758. The van der Waals surface area contributed by atoms with Crippen LogP contribution in [0.4, 0.5) is 4.79 Å². The second kappa shape index (κ2) is 7.12. The minimum absolute atomic E-state index is 0.0415. The summed E-state index contributed by atoms with van der Waals surface area (Å²) in [6, 6.07) is -0.176. The fourth-order valence-corrected chi connectivity index (χ4v) is 4.86. The first-order valence-electron chi connectivity index (χ1n) is 8.61. The Hall–Kier alpha value is -1.72. The summed E-state index contributed by atoms with van der Waals surface area (Å²) in [5.41, 5.74) is -0.389. The lowest BCUT2D eigenvalue weighted by atomic mass is 9.71. The fourth-order valence-electron chi connectivity index (χ4n) is 3.66. The Morgan fingerprint density at radius 2 is 2.15 bits per heavy atom. The van der Waals surface area contributed by atoms with Crippen LogP contribution in [0.5, 0.6) is 0 Å². The van der Waals surface area contributed by atoms with Crippen molar-refractivity contribution in [1.29, 1.82) is 0 Å². The van der Waals surface area contributed by atoms with Gasteiger partial charge in [-0.2, -0.15) is 4.98 Å². The number of ether oxygens (including phenoxy) is 1. The van der Waals surface area contributed by atoms with Gasteiger partial charge in [-0.3, -0.25) is 0 Å². The second-order valence-corrected chi connectivity index (χ2v) is 9.13. The highest BCUT2D eigenvalue weighted by Crippen LogP contribution is 2.49. The van der Waals surface area contributed by atoms with Crippen LogP contribution in [0.2, 0.25) is 0 Å². The van der Waals surface area contributed by atoms with Crippen LogP contribution in [0.15, 0.2) is 4.52 Å². The minimum Gasteiger partial charge on any atom is -0.383 e. The summed E-state index contributed by atoms with van der Waals surface area (Å²) in [6.45, 7) is 5.79. The van der Waals surface area contributed by atoms with Crippen LogP contribution in [-0.2, 0) is 14.8 Å². The average molecular weight is 387 g/mol. The third-order valence-electron chi connectivity index (χ3n) is 5.10. The SMILES string of the molecule is CCS(=O)(=O)N1CC(c2nc(C)no2)C2(CN(C(=O)NCCOC)C2)C1. The molecule has 1 atom stereocenters. The molecule has 10 nitrogen and oxygen atoms in total. The molecule has 2 saturated heterocycles. The lowest BCUT2D eigenvalue weighted by Crippen LogP contribution is -2.63. The molecule has 2 fully saturated rings. The van der Waals surface area contributed by atoms with Gasteiger partial charge in [0.15, 0.2) is 5.82 Å². The Kier molecular flexibility index (Phi) is 5.22. The summed E-state index contributed by atoms with van der Waals surface area (Å²) in [6.07, 6.45) is 0. The number of hydrogen-bond donors (Lipinski definition) is 1. The number of nitrogens with one attached hydrogen (secondary N) is 1. The summed E-state index contributed by atoms with van der Waals surface area (Å²) in [5, 5.41) is 6.62. The van der Waals surface area contributed by atoms with E-state index in [-0.39, 0.29) is 23.1 Å². The number of urea groups is 1. The Balaban J connectivity index is 1.75. The summed E-state index contributed by atoms with van der Waals surface area (Å²) in [5.74, 6) is 0.782. The van der Waals surface area contributed by atoms with Crippen LogP contribution in [0, 0.1) is 12.3 Å². The summed E-state index contributed by atoms with van der Waals surface area (Å²) >= 11 is 0. The molecular weight excluding hydrogens is 362 g/mol. The number of nitrogens with zero attached hydrogens (tertiary/aromatic N) is 4. The van der Waals surface area contributed by atoms with Gasteiger partial charge >= 0.3 is 6.03 Å². The van der Waals surface area contributed by atoms with E-state index >= 15 is 0 Å². The molecule has 0 aromatic carbocycles. The highest BCUT2D eigenvalue weighted by atomic mass is 32.2. The normalized spacial score (nSPS) is 22.6. The van der Waals surface area contributed by atoms with Gasteiger partial charge in [0.2, 0.25) is 15.9 Å². The van der Waals surface area contributed by atoms with E-state index in [1.54, 1.807) is 25.9 Å². The van der Waals surface area contributed by atoms with E-state index in [0.717, 1.165) is 0 Å². The number of amides is 2. The van der Waals surface area contributed by atoms with Gasteiger partial charge in [0.25, 0.3) is 0 Å². The third-order valence-corrected chi connectivity index (χ3v) is 6.89. The van der Waals surface area contributed by atoms with Gasteiger partial charge in [0.1, 0.15) is 0 Å². The standard InChI is InChI=1S/C15H25N5O5S/c1-4-26(22,23)20-7-12(13-17-11(2)18-25-13)15(10-20)8-19(9-15)14(21)16-5-6-24-3/h12H,4-10H2,1-3H3,(H,16,21). The molecule has 3 heterocycles. The minimum atomic E-state index is -3.33. The molecule has 0 saturated carbocycles. The highest BCUT2D eigenvalue weighted by Gasteiger charge is 2.59. The molecule has 0 aliphatic carbocycles. The Morgan fingerprint density at radius 1 is 1.42 bits per heavy atom. The van der Waals surface area contributed by atoms with Gasteiger partial charge in [0, 0.05) is 45.2 Å². The van der Waals surface area contributed by atoms with Crippen LogP contribution in [0.3, 0.4) is 0 Å². The predicted molar refractivity (Wildman–Crippen MR) is 92.1 cm³/mol. The first-order valence-corrected chi connectivity index (χ1v) is 10.2. The average Bonchev–Trinajstić information content (AvgIpc) is 3.17. The highest BCUT2D eigenvalue weighted by molar-refractivity contribution is 7.89. The number of sulfonamides is 1. The monoisotopic (exact) mass is 387 g/mol. The smallest absolute Gasteiger partial charge is 0.317 e. The molecule has 146 valence electrons. The number of hydrogen-bond acceptors (Lipinski definition) is 7. The van der Waals surface area contributed by atoms with Gasteiger partial charge in [-0.25, -0.2) is 17.5 Å². The largest absolute Gasteiger partial charge is 0.383 e. The predicted octanol–water partition coefficient (Wildman–Crippen LogP) is -0.215. The van der Waals surface area contributed by atoms with E-state index < -0.39 is 10.0 Å². The second-order valence-electron chi connectivity index (χ2n) is 6.87. The Morgan fingerprint density at radius 3 is 2.73 bits per heavy atom. The van der Waals surface area contributed by atoms with Crippen molar-refractivity contribution in [3.05, 3.63) is 11.7 Å². The molecule has 0 bridgehead atoms. The van der Waals surface area contributed by atoms with E-state index in [2.05, 4.69) is 15.5 Å². The lowest BCUT2D eigenvalue weighted by Gasteiger charge is -2.49. The third kappa shape index (κ3) is 3.42. The van der Waals surface area contributed by atoms with Crippen molar-refractivity contribution < 1.29 is 22.5 Å². The van der Waals surface area contributed by atoms with Gasteiger partial charge < -0.3 is 19.5 Å². The van der Waals surface area contributed by atoms with E-state index in [1.807, 2.05) is 0 Å². The van der Waals surface area contributed by atoms with E-state index in [0.29, 0.717) is 51.0 Å². The number of aromatic nitrogens is 2. The maximum absolute atomic E-state index is 12.4. The van der Waals surface area contributed by atoms with Gasteiger partial charge in [0.05, 0.1) is 18.3 Å². The number of carbonyl (C=O) groups is 1. The van der Waals surface area contributed by atoms with Crippen LogP contribution >= 0.6 is 0 Å². The van der Waals surface area contributed by atoms with Crippen molar-refractivity contribution in [2.45, 2.75) is 19.8 Å². The maximum atomic E-state index is 12.4.